The van der Waals surface area contributed by atoms with Crippen LogP contribution < -0.4 is 0 Å². The summed E-state index contributed by atoms with van der Waals surface area (Å²) < 4.78 is 85.3. The van der Waals surface area contributed by atoms with Crippen LogP contribution in [-0.4, -0.2) is 142 Å². The second kappa shape index (κ2) is 22.6. The van der Waals surface area contributed by atoms with Gasteiger partial charge in [0.1, 0.15) is 30.5 Å². The third-order valence-corrected chi connectivity index (χ3v) is 12.8. The van der Waals surface area contributed by atoms with Crippen LogP contribution in [-0.2, 0) is 65.5 Å². The van der Waals surface area contributed by atoms with Crippen LogP contribution in [0.25, 0.3) is 0 Å². The second-order valence-electron chi connectivity index (χ2n) is 15.2. The van der Waals surface area contributed by atoms with Crippen LogP contribution in [0.3, 0.4) is 0 Å². The Bertz CT molecular complexity index is 1150. The highest BCUT2D eigenvalue weighted by Gasteiger charge is 2.52. The fraction of sp³-hybridized carbons (Fsp3) is 0.943. The molecule has 5 aliphatic rings. The highest BCUT2D eigenvalue weighted by molar-refractivity contribution is 7.10. The van der Waals surface area contributed by atoms with Crippen molar-refractivity contribution < 1.29 is 75.7 Å². The van der Waals surface area contributed by atoms with E-state index in [4.69, 9.17) is 65.5 Å². The van der Waals surface area contributed by atoms with E-state index in [1.165, 1.54) is 0 Å². The molecule has 0 bridgehead atoms. The minimum absolute atomic E-state index is 0.110. The Kier molecular flexibility index (Phi) is 19.3. The highest BCUT2D eigenvalue weighted by Crippen LogP contribution is 2.40. The summed E-state index contributed by atoms with van der Waals surface area (Å²) >= 11 is 0. The Morgan fingerprint density at radius 2 is 0.818 bits per heavy atom. The molecule has 0 saturated carbocycles. The average molecular weight is 865 g/mol. The average Bonchev–Trinajstić information content (AvgIpc) is 3.94. The highest BCUT2D eigenvalue weighted by atomic mass is 31.0. The van der Waals surface area contributed by atoms with Crippen LogP contribution >= 0.6 is 37.9 Å². The van der Waals surface area contributed by atoms with Gasteiger partial charge in [-0.2, -0.15) is 0 Å². The molecule has 0 aromatic carbocycles. The zero-order chi connectivity index (χ0) is 39.8. The summed E-state index contributed by atoms with van der Waals surface area (Å²) in [5.74, 6) is -0.708. The van der Waals surface area contributed by atoms with Gasteiger partial charge in [-0.05, 0) is 12.8 Å². The van der Waals surface area contributed by atoms with Gasteiger partial charge in [-0.25, -0.2) is 0 Å². The normalized spacial score (nSPS) is 45.9. The predicted octanol–water partition coefficient (Wildman–Crippen LogP) is 2.90. The van der Waals surface area contributed by atoms with Gasteiger partial charge in [-0.1, -0.05) is 40.7 Å². The van der Waals surface area contributed by atoms with Gasteiger partial charge in [0.05, 0.1) is 70.2 Å². The molecule has 2 N–H and O–H groups in total. The van der Waals surface area contributed by atoms with E-state index in [9.17, 15) is 10.2 Å². The maximum atomic E-state index is 9.75. The number of hydrogen-bond acceptors (Lipinski definition) is 16. The summed E-state index contributed by atoms with van der Waals surface area (Å²) in [6.07, 6.45) is -3.64. The van der Waals surface area contributed by atoms with Crippen molar-refractivity contribution in [1.82, 2.24) is 0 Å². The van der Waals surface area contributed by atoms with Crippen molar-refractivity contribution in [2.45, 2.75) is 140 Å². The standard InChI is InChI=1S/C35H64O16P4/c1-7-8-9-10-38-31-16(2)26(47-35-20(6)30(51-55)25(46-35)15-41-33-18(4)28(49-53)22(12-37)43-33)23(44-31)13-39-34-19(5)29(50-54)24(45-34)14-40-32-17(3)27(48-52)21(11-36)42-32/h7,16-37H,1,8-15,52-55H2,2-6H3. The Morgan fingerprint density at radius 1 is 0.491 bits per heavy atom. The molecule has 5 saturated heterocycles. The molecular formula is C35H64O16P4. The molecule has 0 amide bonds. The lowest BCUT2D eigenvalue weighted by atomic mass is 10.0. The minimum Gasteiger partial charge on any atom is -0.394 e. The van der Waals surface area contributed by atoms with Crippen LogP contribution in [0.2, 0.25) is 0 Å². The molecule has 0 aliphatic carbocycles. The third-order valence-electron chi connectivity index (χ3n) is 11.5. The number of unbranched alkanes of at least 4 members (excludes halogenated alkanes) is 1. The first-order chi connectivity index (χ1) is 26.5. The lowest BCUT2D eigenvalue weighted by Gasteiger charge is -2.28. The molecule has 0 radical (unpaired) electrons. The maximum absolute atomic E-state index is 9.75. The first-order valence-corrected chi connectivity index (χ1v) is 21.1. The number of aliphatic hydroxyl groups is 2. The van der Waals surface area contributed by atoms with Crippen LogP contribution in [0.1, 0.15) is 47.5 Å². The van der Waals surface area contributed by atoms with E-state index in [1.807, 2.05) is 40.7 Å². The van der Waals surface area contributed by atoms with E-state index in [0.717, 1.165) is 12.8 Å². The fourth-order valence-corrected chi connectivity index (χ4v) is 9.85. The van der Waals surface area contributed by atoms with Crippen molar-refractivity contribution in [1.29, 1.82) is 0 Å². The number of aliphatic hydroxyl groups excluding tert-OH is 2. The molecule has 5 rings (SSSR count). The van der Waals surface area contributed by atoms with E-state index in [0.29, 0.717) is 6.61 Å². The second-order valence-corrected chi connectivity index (χ2v) is 16.3. The molecule has 320 valence electrons. The molecule has 5 heterocycles. The molecule has 24 atom stereocenters. The summed E-state index contributed by atoms with van der Waals surface area (Å²) in [6.45, 7) is 14.4. The molecule has 5 aliphatic heterocycles. The van der Waals surface area contributed by atoms with Gasteiger partial charge in [0.15, 0.2) is 31.5 Å². The molecular weight excluding hydrogens is 800 g/mol. The van der Waals surface area contributed by atoms with Crippen molar-refractivity contribution in [3.8, 4) is 0 Å². The zero-order valence-electron chi connectivity index (χ0n) is 32.4. The summed E-state index contributed by atoms with van der Waals surface area (Å²) in [5, 5.41) is 19.5. The monoisotopic (exact) mass is 864 g/mol. The third kappa shape index (κ3) is 11.0. The van der Waals surface area contributed by atoms with Crippen molar-refractivity contribution in [3.05, 3.63) is 12.7 Å². The molecule has 0 aromatic rings. The van der Waals surface area contributed by atoms with Gasteiger partial charge in [-0.15, -0.1) is 6.58 Å². The lowest BCUT2D eigenvalue weighted by molar-refractivity contribution is -0.226. The van der Waals surface area contributed by atoms with E-state index in [-0.39, 0.29) is 87.0 Å². The quantitative estimate of drug-likeness (QED) is 0.0925. The van der Waals surface area contributed by atoms with Gasteiger partial charge in [0.25, 0.3) is 0 Å². The largest absolute Gasteiger partial charge is 0.394 e. The summed E-state index contributed by atoms with van der Waals surface area (Å²) in [6, 6.07) is 0. The number of rotatable bonds is 22. The van der Waals surface area contributed by atoms with Crippen LogP contribution in [0.5, 0.6) is 0 Å². The maximum Gasteiger partial charge on any atom is 0.163 e. The molecule has 5 fully saturated rings. The van der Waals surface area contributed by atoms with Gasteiger partial charge in [0, 0.05) is 67.5 Å². The van der Waals surface area contributed by atoms with Crippen molar-refractivity contribution in [2.24, 2.45) is 29.6 Å². The van der Waals surface area contributed by atoms with E-state index >= 15 is 0 Å². The first-order valence-electron chi connectivity index (χ1n) is 19.2. The molecule has 24 unspecified atom stereocenters. The van der Waals surface area contributed by atoms with Crippen LogP contribution in [0.4, 0.5) is 0 Å². The zero-order valence-corrected chi connectivity index (χ0v) is 37.0. The van der Waals surface area contributed by atoms with Crippen molar-refractivity contribution in [2.75, 3.05) is 39.6 Å². The fourth-order valence-electron chi connectivity index (χ4n) is 8.16. The van der Waals surface area contributed by atoms with Crippen LogP contribution in [0, 0.1) is 29.6 Å². The number of ether oxygens (including phenoxy) is 10. The smallest absolute Gasteiger partial charge is 0.163 e. The Labute approximate surface area is 334 Å². The Hall–Kier alpha value is 0.820. The topological polar surface area (TPSA) is 170 Å². The van der Waals surface area contributed by atoms with Gasteiger partial charge in [0.2, 0.25) is 0 Å². The molecule has 55 heavy (non-hydrogen) atoms. The van der Waals surface area contributed by atoms with Crippen LogP contribution in [0.15, 0.2) is 12.7 Å². The number of hydrogen-bond donors (Lipinski definition) is 2. The Balaban J connectivity index is 1.20. The Morgan fingerprint density at radius 3 is 1.20 bits per heavy atom. The van der Waals surface area contributed by atoms with E-state index in [2.05, 4.69) is 44.4 Å². The minimum atomic E-state index is -0.646. The van der Waals surface area contributed by atoms with E-state index < -0.39 is 68.1 Å². The molecule has 20 heteroatoms. The van der Waals surface area contributed by atoms with Gasteiger partial charge < -0.3 is 75.7 Å². The van der Waals surface area contributed by atoms with Crippen molar-refractivity contribution >= 4 is 37.9 Å². The molecule has 0 spiro atoms. The summed E-state index contributed by atoms with van der Waals surface area (Å²) in [4.78, 5) is 0. The lowest BCUT2D eigenvalue weighted by Crippen LogP contribution is -2.39. The summed E-state index contributed by atoms with van der Waals surface area (Å²) in [7, 11) is 9.15. The predicted molar refractivity (Wildman–Crippen MR) is 210 cm³/mol. The summed E-state index contributed by atoms with van der Waals surface area (Å²) in [5.41, 5.74) is 0. The molecule has 16 nitrogen and oxygen atoms in total. The van der Waals surface area contributed by atoms with E-state index in [1.54, 1.807) is 0 Å². The first kappa shape index (κ1) is 46.9. The molecule has 0 aromatic heterocycles. The van der Waals surface area contributed by atoms with Crippen molar-refractivity contribution in [3.63, 3.8) is 0 Å². The van der Waals surface area contributed by atoms with Gasteiger partial charge >= 0.3 is 0 Å². The number of allylic oxidation sites excluding steroid dienone is 1. The SMILES string of the molecule is C=CCCCOC1OC(COC2OC(COC3OC(CO)C(OP)C3C)C(OP)C2C)C(OC2OC(COC3OC(CO)C(OP)C3C)C(OP)C2C)C1C. The van der Waals surface area contributed by atoms with Gasteiger partial charge in [-0.3, -0.25) is 0 Å².